The zero-order valence-electron chi connectivity index (χ0n) is 16.4. The number of ether oxygens (including phenoxy) is 2. The van der Waals surface area contributed by atoms with Crippen LogP contribution in [0.5, 0.6) is 0 Å². The molecule has 0 aromatic heterocycles. The fourth-order valence-corrected chi connectivity index (χ4v) is 6.47. The van der Waals surface area contributed by atoms with E-state index in [9.17, 15) is 9.90 Å². The summed E-state index contributed by atoms with van der Waals surface area (Å²) in [6, 6.07) is 0. The molecule has 3 fully saturated rings. The number of aliphatic hydroxyl groups excluding tert-OH is 1. The van der Waals surface area contributed by atoms with E-state index in [0.717, 1.165) is 19.3 Å². The van der Waals surface area contributed by atoms with Crippen molar-refractivity contribution in [2.45, 2.75) is 63.8 Å². The lowest BCUT2D eigenvalue weighted by molar-refractivity contribution is -0.190. The monoisotopic (exact) mass is 372 g/mol. The lowest BCUT2D eigenvalue weighted by atomic mass is 9.48. The summed E-state index contributed by atoms with van der Waals surface area (Å²) in [6.45, 7) is 11.3. The van der Waals surface area contributed by atoms with Gasteiger partial charge in [-0.15, -0.1) is 13.2 Å². The van der Waals surface area contributed by atoms with Crippen molar-refractivity contribution >= 4 is 5.78 Å². The molecule has 4 nitrogen and oxygen atoms in total. The summed E-state index contributed by atoms with van der Waals surface area (Å²) in [6.07, 6.45) is 10.3. The standard InChI is InChI=1S/C23H32O4/c1-4-8-22(9-5-2)15-18(24)19-17(20(22)25)7-6-16-14-23(26-12-13-27-23)11-10-21(16,19)3/h4-6,17-19,24H,1-2,7-15H2,3H3/t17?,18?,19?,21-/m0/s1. The van der Waals surface area contributed by atoms with E-state index >= 15 is 0 Å². The SMILES string of the molecule is C=CCC1(CC=C)CC(O)C2C(CC=C3CC4(CC[C@@]32C)OCCO4)C1=O. The van der Waals surface area contributed by atoms with E-state index in [2.05, 4.69) is 26.2 Å². The van der Waals surface area contributed by atoms with Gasteiger partial charge >= 0.3 is 0 Å². The molecule has 1 heterocycles. The van der Waals surface area contributed by atoms with Gasteiger partial charge in [0.05, 0.1) is 19.3 Å². The number of carbonyl (C=O) groups is 1. The highest BCUT2D eigenvalue weighted by Gasteiger charge is 2.60. The minimum atomic E-state index is -0.542. The summed E-state index contributed by atoms with van der Waals surface area (Å²) in [5.74, 6) is -0.326. The van der Waals surface area contributed by atoms with Crippen LogP contribution in [-0.4, -0.2) is 36.0 Å². The van der Waals surface area contributed by atoms with E-state index < -0.39 is 17.3 Å². The fraction of sp³-hybridized carbons (Fsp3) is 0.696. The van der Waals surface area contributed by atoms with Crippen molar-refractivity contribution < 1.29 is 19.4 Å². The molecule has 0 aromatic carbocycles. The third kappa shape index (κ3) is 2.80. The van der Waals surface area contributed by atoms with Crippen LogP contribution in [0, 0.1) is 22.7 Å². The van der Waals surface area contributed by atoms with E-state index in [-0.39, 0.29) is 17.3 Å². The molecule has 2 saturated carbocycles. The summed E-state index contributed by atoms with van der Waals surface area (Å²) in [5.41, 5.74) is 0.607. The van der Waals surface area contributed by atoms with Gasteiger partial charge in [0, 0.05) is 30.1 Å². The number of fused-ring (bicyclic) bond motifs is 3. The van der Waals surface area contributed by atoms with Crippen molar-refractivity contribution in [3.05, 3.63) is 37.0 Å². The maximum atomic E-state index is 13.6. The van der Waals surface area contributed by atoms with Gasteiger partial charge in [-0.25, -0.2) is 0 Å². The van der Waals surface area contributed by atoms with Crippen molar-refractivity contribution in [2.75, 3.05) is 13.2 Å². The largest absolute Gasteiger partial charge is 0.393 e. The summed E-state index contributed by atoms with van der Waals surface area (Å²) < 4.78 is 11.9. The van der Waals surface area contributed by atoms with Gasteiger partial charge in [0.15, 0.2) is 5.79 Å². The average Bonchev–Trinajstić information content (AvgIpc) is 3.08. The van der Waals surface area contributed by atoms with Gasteiger partial charge in [0.1, 0.15) is 5.78 Å². The smallest absolute Gasteiger partial charge is 0.172 e. The Balaban J connectivity index is 1.67. The summed E-state index contributed by atoms with van der Waals surface area (Å²) >= 11 is 0. The van der Waals surface area contributed by atoms with Crippen molar-refractivity contribution in [3.63, 3.8) is 0 Å². The quantitative estimate of drug-likeness (QED) is 0.759. The molecule has 1 saturated heterocycles. The van der Waals surface area contributed by atoms with E-state index in [1.807, 2.05) is 12.2 Å². The van der Waals surface area contributed by atoms with Crippen LogP contribution in [0.2, 0.25) is 0 Å². The van der Waals surface area contributed by atoms with Crippen LogP contribution in [0.1, 0.15) is 51.9 Å². The Kier molecular flexibility index (Phi) is 4.73. The van der Waals surface area contributed by atoms with Crippen molar-refractivity contribution in [1.82, 2.24) is 0 Å². The van der Waals surface area contributed by atoms with Crippen LogP contribution < -0.4 is 0 Å². The molecule has 4 rings (SSSR count). The molecule has 1 spiro atoms. The van der Waals surface area contributed by atoms with Gasteiger partial charge in [-0.2, -0.15) is 0 Å². The minimum absolute atomic E-state index is 0.0218. The lowest BCUT2D eigenvalue weighted by Gasteiger charge is -2.57. The first-order valence-electron chi connectivity index (χ1n) is 10.3. The first-order chi connectivity index (χ1) is 12.9. The molecule has 27 heavy (non-hydrogen) atoms. The van der Waals surface area contributed by atoms with Crippen molar-refractivity contribution in [1.29, 1.82) is 0 Å². The molecule has 3 unspecified atom stereocenters. The highest BCUT2D eigenvalue weighted by molar-refractivity contribution is 5.89. The first kappa shape index (κ1) is 19.1. The number of allylic oxidation sites excluding steroid dienone is 3. The third-order valence-corrected chi connectivity index (χ3v) is 7.76. The summed E-state index contributed by atoms with van der Waals surface area (Å²) in [4.78, 5) is 13.6. The fourth-order valence-electron chi connectivity index (χ4n) is 6.47. The Morgan fingerprint density at radius 2 is 1.89 bits per heavy atom. The number of ketones is 1. The van der Waals surface area contributed by atoms with Crippen LogP contribution in [-0.2, 0) is 14.3 Å². The zero-order chi connectivity index (χ0) is 19.3. The summed E-state index contributed by atoms with van der Waals surface area (Å²) in [5, 5.41) is 11.3. The second-order valence-corrected chi connectivity index (χ2v) is 9.20. The van der Waals surface area contributed by atoms with E-state index in [4.69, 9.17) is 9.47 Å². The molecule has 3 aliphatic carbocycles. The second kappa shape index (κ2) is 6.68. The molecular weight excluding hydrogens is 340 g/mol. The predicted molar refractivity (Wildman–Crippen MR) is 104 cm³/mol. The zero-order valence-corrected chi connectivity index (χ0v) is 16.4. The van der Waals surface area contributed by atoms with Gasteiger partial charge < -0.3 is 14.6 Å². The Morgan fingerprint density at radius 1 is 1.22 bits per heavy atom. The van der Waals surface area contributed by atoms with Crippen LogP contribution in [0.4, 0.5) is 0 Å². The first-order valence-corrected chi connectivity index (χ1v) is 10.3. The highest BCUT2D eigenvalue weighted by atomic mass is 16.7. The van der Waals surface area contributed by atoms with Crippen LogP contribution >= 0.6 is 0 Å². The lowest BCUT2D eigenvalue weighted by Crippen LogP contribution is -2.58. The van der Waals surface area contributed by atoms with Crippen molar-refractivity contribution in [3.8, 4) is 0 Å². The molecule has 0 bridgehead atoms. The maximum Gasteiger partial charge on any atom is 0.172 e. The molecule has 4 aliphatic rings. The molecule has 4 atom stereocenters. The number of carbonyl (C=O) groups excluding carboxylic acids is 1. The molecule has 1 aliphatic heterocycles. The van der Waals surface area contributed by atoms with E-state index in [0.29, 0.717) is 44.7 Å². The van der Waals surface area contributed by atoms with Gasteiger partial charge in [0.25, 0.3) is 0 Å². The third-order valence-electron chi connectivity index (χ3n) is 7.76. The summed E-state index contributed by atoms with van der Waals surface area (Å²) in [7, 11) is 0. The van der Waals surface area contributed by atoms with Crippen LogP contribution in [0.3, 0.4) is 0 Å². The molecule has 1 N–H and O–H groups in total. The molecule has 0 radical (unpaired) electrons. The average molecular weight is 373 g/mol. The number of rotatable bonds is 4. The number of hydrogen-bond acceptors (Lipinski definition) is 4. The molecule has 0 aromatic rings. The highest BCUT2D eigenvalue weighted by Crippen LogP contribution is 2.61. The van der Waals surface area contributed by atoms with Crippen molar-refractivity contribution in [2.24, 2.45) is 22.7 Å². The van der Waals surface area contributed by atoms with Gasteiger partial charge in [-0.1, -0.05) is 30.7 Å². The molecular formula is C23H32O4. The Hall–Kier alpha value is -1.23. The topological polar surface area (TPSA) is 55.8 Å². The number of aliphatic hydroxyl groups is 1. The van der Waals surface area contributed by atoms with Gasteiger partial charge in [0.2, 0.25) is 0 Å². The minimum Gasteiger partial charge on any atom is -0.393 e. The Morgan fingerprint density at radius 3 is 2.52 bits per heavy atom. The molecule has 0 amide bonds. The normalized spacial score (nSPS) is 39.4. The maximum absolute atomic E-state index is 13.6. The second-order valence-electron chi connectivity index (χ2n) is 9.20. The Bertz CT molecular complexity index is 662. The van der Waals surface area contributed by atoms with Gasteiger partial charge in [-0.05, 0) is 37.5 Å². The van der Waals surface area contributed by atoms with Gasteiger partial charge in [-0.3, -0.25) is 4.79 Å². The number of hydrogen-bond donors (Lipinski definition) is 1. The molecule has 148 valence electrons. The molecule has 4 heteroatoms. The number of Topliss-reactive ketones (excluding diaryl/α,β-unsaturated/α-hetero) is 1. The Labute approximate surface area is 162 Å². The predicted octanol–water partition coefficient (Wildman–Crippen LogP) is 3.95. The van der Waals surface area contributed by atoms with E-state index in [1.165, 1.54) is 5.57 Å². The van der Waals surface area contributed by atoms with E-state index in [1.54, 1.807) is 0 Å². The van der Waals surface area contributed by atoms with Crippen LogP contribution in [0.25, 0.3) is 0 Å². The van der Waals surface area contributed by atoms with Crippen LogP contribution in [0.15, 0.2) is 37.0 Å².